The largest absolute Gasteiger partial charge is 0.436 e. The Balaban J connectivity index is 2.79. The summed E-state index contributed by atoms with van der Waals surface area (Å²) in [4.78, 5) is 16.1. The van der Waals surface area contributed by atoms with E-state index in [-0.39, 0.29) is 22.7 Å². The molecular weight excluding hydrogens is 226 g/mol. The van der Waals surface area contributed by atoms with Crippen LogP contribution in [0.15, 0.2) is 4.42 Å². The van der Waals surface area contributed by atoms with Gasteiger partial charge in [0.2, 0.25) is 5.76 Å². The molecule has 0 aliphatic heterocycles. The first kappa shape index (κ1) is 12.6. The van der Waals surface area contributed by atoms with Gasteiger partial charge in [-0.1, -0.05) is 19.1 Å². The molecule has 0 radical (unpaired) electrons. The van der Waals surface area contributed by atoms with Crippen LogP contribution in [-0.2, 0) is 0 Å². The number of nitrogens with one attached hydrogen (secondary N) is 1. The Bertz CT molecular complexity index is 414. The van der Waals surface area contributed by atoms with Crippen molar-refractivity contribution in [1.82, 2.24) is 10.3 Å². The van der Waals surface area contributed by atoms with E-state index in [1.54, 1.807) is 13.8 Å². The first-order valence-electron chi connectivity index (χ1n) is 5.00. The number of carbonyl (C=O) groups excluding carboxylic acids is 1. The third kappa shape index (κ3) is 2.79. The van der Waals surface area contributed by atoms with Crippen molar-refractivity contribution in [3.8, 4) is 0 Å². The van der Waals surface area contributed by atoms with Crippen molar-refractivity contribution in [2.24, 2.45) is 5.73 Å². The van der Waals surface area contributed by atoms with Gasteiger partial charge in [-0.3, -0.25) is 4.79 Å². The molecule has 0 bridgehead atoms. The average Bonchev–Trinajstić information content (AvgIpc) is 2.53. The van der Waals surface area contributed by atoms with Crippen molar-refractivity contribution < 1.29 is 9.21 Å². The Morgan fingerprint density at radius 1 is 1.62 bits per heavy atom. The van der Waals surface area contributed by atoms with Crippen LogP contribution in [-0.4, -0.2) is 21.9 Å². The number of nitrogens with zero attached hydrogens (tertiary/aromatic N) is 1. The van der Waals surface area contributed by atoms with Crippen LogP contribution in [0, 0.1) is 13.8 Å². The van der Waals surface area contributed by atoms with Crippen molar-refractivity contribution in [2.45, 2.75) is 33.2 Å². The topological polar surface area (TPSA) is 81.2 Å². The lowest BCUT2D eigenvalue weighted by atomic mass is 10.2. The van der Waals surface area contributed by atoms with Crippen molar-refractivity contribution in [3.63, 3.8) is 0 Å². The molecule has 88 valence electrons. The highest BCUT2D eigenvalue weighted by Crippen LogP contribution is 2.09. The smallest absolute Gasteiger partial charge is 0.289 e. The number of nitrogens with two attached hydrogens (primary N) is 1. The maximum atomic E-state index is 11.8. The summed E-state index contributed by atoms with van der Waals surface area (Å²) in [5.41, 5.74) is 6.05. The van der Waals surface area contributed by atoms with Gasteiger partial charge >= 0.3 is 0 Å². The number of aromatic nitrogens is 1. The summed E-state index contributed by atoms with van der Waals surface area (Å²) >= 11 is 4.84. The fourth-order valence-corrected chi connectivity index (χ4v) is 1.57. The third-order valence-electron chi connectivity index (χ3n) is 2.17. The number of hydrogen-bond donors (Lipinski definition) is 2. The number of hydrogen-bond acceptors (Lipinski definition) is 4. The van der Waals surface area contributed by atoms with E-state index < -0.39 is 0 Å². The lowest BCUT2D eigenvalue weighted by molar-refractivity contribution is 0.0916. The van der Waals surface area contributed by atoms with Crippen LogP contribution in [0.2, 0.25) is 0 Å². The predicted octanol–water partition coefficient (Wildman–Crippen LogP) is 1.09. The maximum Gasteiger partial charge on any atom is 0.289 e. The molecule has 1 unspecified atom stereocenters. The maximum absolute atomic E-state index is 11.8. The predicted molar refractivity (Wildman–Crippen MR) is 64.3 cm³/mol. The lowest BCUT2D eigenvalue weighted by Gasteiger charge is -2.14. The molecule has 1 atom stereocenters. The molecule has 1 aromatic rings. The number of amides is 1. The van der Waals surface area contributed by atoms with Gasteiger partial charge < -0.3 is 15.5 Å². The Morgan fingerprint density at radius 3 is 2.62 bits per heavy atom. The zero-order valence-corrected chi connectivity index (χ0v) is 10.4. The van der Waals surface area contributed by atoms with Crippen LogP contribution in [0.1, 0.15) is 35.5 Å². The Kier molecular flexibility index (Phi) is 4.00. The summed E-state index contributed by atoms with van der Waals surface area (Å²) in [6.07, 6.45) is 0.646. The summed E-state index contributed by atoms with van der Waals surface area (Å²) < 4.78 is 5.19. The van der Waals surface area contributed by atoms with E-state index in [1.165, 1.54) is 0 Å². The molecule has 0 aliphatic rings. The minimum atomic E-state index is -0.335. The minimum Gasteiger partial charge on any atom is -0.436 e. The second-order valence-corrected chi connectivity index (χ2v) is 3.96. The first-order valence-corrected chi connectivity index (χ1v) is 5.40. The van der Waals surface area contributed by atoms with Crippen LogP contribution in [0.3, 0.4) is 0 Å². The minimum absolute atomic E-state index is 0.215. The second-order valence-electron chi connectivity index (χ2n) is 3.48. The Morgan fingerprint density at radius 2 is 2.25 bits per heavy atom. The van der Waals surface area contributed by atoms with Crippen LogP contribution < -0.4 is 11.1 Å². The van der Waals surface area contributed by atoms with Gasteiger partial charge in [0, 0.05) is 6.92 Å². The van der Waals surface area contributed by atoms with E-state index in [2.05, 4.69) is 10.3 Å². The number of rotatable bonds is 4. The van der Waals surface area contributed by atoms with Crippen LogP contribution in [0.4, 0.5) is 0 Å². The van der Waals surface area contributed by atoms with Gasteiger partial charge in [0.05, 0.1) is 16.7 Å². The number of aryl methyl sites for hydroxylation is 2. The number of thiocarbonyl (C=S) groups is 1. The molecular formula is C10H15N3O2S. The molecule has 0 fully saturated rings. The highest BCUT2D eigenvalue weighted by Gasteiger charge is 2.19. The van der Waals surface area contributed by atoms with E-state index in [4.69, 9.17) is 22.4 Å². The highest BCUT2D eigenvalue weighted by atomic mass is 32.1. The quantitative estimate of drug-likeness (QED) is 0.771. The number of carbonyl (C=O) groups is 1. The normalized spacial score (nSPS) is 12.2. The molecule has 1 amide bonds. The molecule has 1 aromatic heterocycles. The van der Waals surface area contributed by atoms with Gasteiger partial charge in [-0.05, 0) is 13.3 Å². The fourth-order valence-electron chi connectivity index (χ4n) is 1.34. The summed E-state index contributed by atoms with van der Waals surface area (Å²) in [5.74, 6) is 0.343. The van der Waals surface area contributed by atoms with E-state index in [9.17, 15) is 4.79 Å². The van der Waals surface area contributed by atoms with Crippen LogP contribution >= 0.6 is 12.2 Å². The fraction of sp³-hybridized carbons (Fsp3) is 0.500. The summed E-state index contributed by atoms with van der Waals surface area (Å²) in [6, 6.07) is -0.313. The first-order chi connectivity index (χ1) is 7.45. The van der Waals surface area contributed by atoms with Crippen molar-refractivity contribution in [2.75, 3.05) is 0 Å². The lowest BCUT2D eigenvalue weighted by Crippen LogP contribution is -2.43. The third-order valence-corrected chi connectivity index (χ3v) is 2.45. The molecule has 5 nitrogen and oxygen atoms in total. The van der Waals surface area contributed by atoms with Crippen molar-refractivity contribution in [3.05, 3.63) is 17.3 Å². The van der Waals surface area contributed by atoms with Gasteiger partial charge in [-0.15, -0.1) is 0 Å². The molecule has 1 rings (SSSR count). The summed E-state index contributed by atoms with van der Waals surface area (Å²) in [7, 11) is 0. The van der Waals surface area contributed by atoms with E-state index in [0.717, 1.165) is 0 Å². The van der Waals surface area contributed by atoms with E-state index in [1.807, 2.05) is 6.92 Å². The van der Waals surface area contributed by atoms with Gasteiger partial charge in [-0.25, -0.2) is 4.98 Å². The van der Waals surface area contributed by atoms with Crippen molar-refractivity contribution >= 4 is 23.1 Å². The molecule has 6 heteroatoms. The average molecular weight is 241 g/mol. The van der Waals surface area contributed by atoms with Crippen LogP contribution in [0.5, 0.6) is 0 Å². The molecule has 16 heavy (non-hydrogen) atoms. The summed E-state index contributed by atoms with van der Waals surface area (Å²) in [6.45, 7) is 5.30. The molecule has 0 aliphatic carbocycles. The Hall–Kier alpha value is -1.43. The molecule has 3 N–H and O–H groups in total. The van der Waals surface area contributed by atoms with Crippen LogP contribution in [0.25, 0.3) is 0 Å². The monoisotopic (exact) mass is 241 g/mol. The summed E-state index contributed by atoms with van der Waals surface area (Å²) in [5, 5.41) is 2.70. The zero-order valence-electron chi connectivity index (χ0n) is 9.53. The number of oxazole rings is 1. The van der Waals surface area contributed by atoms with E-state index in [0.29, 0.717) is 18.0 Å². The SMILES string of the molecule is CCC(NC(=O)c1oc(C)nc1C)C(N)=S. The van der Waals surface area contributed by atoms with Crippen molar-refractivity contribution in [1.29, 1.82) is 0 Å². The molecule has 1 heterocycles. The van der Waals surface area contributed by atoms with Gasteiger partial charge in [0.1, 0.15) is 0 Å². The molecule has 0 aromatic carbocycles. The highest BCUT2D eigenvalue weighted by molar-refractivity contribution is 7.80. The van der Waals surface area contributed by atoms with E-state index >= 15 is 0 Å². The molecule has 0 spiro atoms. The Labute approximate surface area is 99.4 Å². The second kappa shape index (κ2) is 5.07. The molecule has 0 saturated heterocycles. The standard InChI is InChI=1S/C10H15N3O2S/c1-4-7(9(11)16)13-10(14)8-5(2)12-6(3)15-8/h7H,4H2,1-3H3,(H2,11,16)(H,13,14). The van der Waals surface area contributed by atoms with Gasteiger partial charge in [0.25, 0.3) is 5.91 Å². The molecule has 0 saturated carbocycles. The zero-order chi connectivity index (χ0) is 12.3. The van der Waals surface area contributed by atoms with Gasteiger partial charge in [-0.2, -0.15) is 0 Å². The van der Waals surface area contributed by atoms with Gasteiger partial charge in [0.15, 0.2) is 5.89 Å².